The smallest absolute Gasteiger partial charge is 0.336 e. The van der Waals surface area contributed by atoms with Crippen molar-refractivity contribution in [2.75, 3.05) is 0 Å². The minimum Gasteiger partial charge on any atom is -0.478 e. The quantitative estimate of drug-likeness (QED) is 0.664. The maximum Gasteiger partial charge on any atom is 0.336 e. The van der Waals surface area contributed by atoms with E-state index >= 15 is 0 Å². The average molecular weight is 277 g/mol. The van der Waals surface area contributed by atoms with Gasteiger partial charge in [0.1, 0.15) is 0 Å². The monoisotopic (exact) mass is 277 g/mol. The highest BCUT2D eigenvalue weighted by molar-refractivity contribution is 6.23. The Morgan fingerprint density at radius 3 is 1.95 bits per heavy atom. The molecular formula is C18H15NO2. The van der Waals surface area contributed by atoms with Gasteiger partial charge in [-0.15, -0.1) is 0 Å². The standard InChI is InChI=1S/C18H15NO2/c19-13-7-12-16(14-8-3-1-4-9-14)17(18(20)21)15-10-5-2-6-11-15/h1-6,8-11H,7,12H2,(H,20,21). The van der Waals surface area contributed by atoms with Crippen LogP contribution in [0, 0.1) is 11.3 Å². The second kappa shape index (κ2) is 7.06. The molecule has 0 saturated heterocycles. The van der Waals surface area contributed by atoms with Crippen molar-refractivity contribution in [2.24, 2.45) is 0 Å². The molecule has 0 aliphatic heterocycles. The van der Waals surface area contributed by atoms with Crippen molar-refractivity contribution < 1.29 is 9.90 Å². The Hall–Kier alpha value is -2.86. The lowest BCUT2D eigenvalue weighted by molar-refractivity contribution is -0.130. The van der Waals surface area contributed by atoms with Crippen molar-refractivity contribution in [2.45, 2.75) is 12.8 Å². The molecule has 3 nitrogen and oxygen atoms in total. The third kappa shape index (κ3) is 3.58. The summed E-state index contributed by atoms with van der Waals surface area (Å²) in [6, 6.07) is 20.5. The number of nitrogens with zero attached hydrogens (tertiary/aromatic N) is 1. The molecule has 0 unspecified atom stereocenters. The topological polar surface area (TPSA) is 61.1 Å². The number of carboxylic acids is 1. The first-order chi connectivity index (χ1) is 10.2. The average Bonchev–Trinajstić information content (AvgIpc) is 2.52. The summed E-state index contributed by atoms with van der Waals surface area (Å²) in [6.07, 6.45) is 0.699. The molecular weight excluding hydrogens is 262 g/mol. The lowest BCUT2D eigenvalue weighted by Gasteiger charge is -2.12. The van der Waals surface area contributed by atoms with Gasteiger partial charge in [-0.2, -0.15) is 5.26 Å². The van der Waals surface area contributed by atoms with Crippen molar-refractivity contribution >= 4 is 17.1 Å². The highest BCUT2D eigenvalue weighted by Gasteiger charge is 2.17. The summed E-state index contributed by atoms with van der Waals surface area (Å²) >= 11 is 0. The first kappa shape index (κ1) is 14.5. The van der Waals surface area contributed by atoms with Crippen LogP contribution >= 0.6 is 0 Å². The fraction of sp³-hybridized carbons (Fsp3) is 0.111. The molecule has 0 heterocycles. The number of nitriles is 1. The Labute approximate surface area is 123 Å². The first-order valence-electron chi connectivity index (χ1n) is 6.68. The molecule has 0 amide bonds. The van der Waals surface area contributed by atoms with Gasteiger partial charge in [0.15, 0.2) is 0 Å². The van der Waals surface area contributed by atoms with Crippen LogP contribution in [-0.4, -0.2) is 11.1 Å². The van der Waals surface area contributed by atoms with E-state index in [2.05, 4.69) is 6.07 Å². The Balaban J connectivity index is 2.63. The van der Waals surface area contributed by atoms with Gasteiger partial charge >= 0.3 is 5.97 Å². The molecule has 0 radical (unpaired) electrons. The number of carboxylic acid groups (broad SMARTS) is 1. The lowest BCUT2D eigenvalue weighted by Crippen LogP contribution is -2.04. The Bertz CT molecular complexity index is 682. The lowest BCUT2D eigenvalue weighted by atomic mass is 9.91. The van der Waals surface area contributed by atoms with Crippen molar-refractivity contribution in [1.82, 2.24) is 0 Å². The fourth-order valence-electron chi connectivity index (χ4n) is 2.27. The summed E-state index contributed by atoms with van der Waals surface area (Å²) in [5.74, 6) is -0.974. The largest absolute Gasteiger partial charge is 0.478 e. The SMILES string of the molecule is N#CCCC(=C(C(=O)O)c1ccccc1)c1ccccc1. The number of carbonyl (C=O) groups is 1. The second-order valence-corrected chi connectivity index (χ2v) is 4.55. The number of hydrogen-bond donors (Lipinski definition) is 1. The maximum absolute atomic E-state index is 11.7. The fourth-order valence-corrected chi connectivity index (χ4v) is 2.27. The van der Waals surface area contributed by atoms with Crippen LogP contribution in [0.25, 0.3) is 11.1 Å². The van der Waals surface area contributed by atoms with Gasteiger partial charge in [-0.3, -0.25) is 0 Å². The molecule has 0 bridgehead atoms. The summed E-state index contributed by atoms with van der Waals surface area (Å²) in [5, 5.41) is 18.4. The van der Waals surface area contributed by atoms with Crippen LogP contribution in [0.15, 0.2) is 60.7 Å². The van der Waals surface area contributed by atoms with Crippen molar-refractivity contribution in [3.63, 3.8) is 0 Å². The third-order valence-electron chi connectivity index (χ3n) is 3.19. The number of rotatable bonds is 5. The molecule has 104 valence electrons. The zero-order valence-corrected chi connectivity index (χ0v) is 11.5. The molecule has 0 fully saturated rings. The first-order valence-corrected chi connectivity index (χ1v) is 6.68. The van der Waals surface area contributed by atoms with Crippen LogP contribution < -0.4 is 0 Å². The third-order valence-corrected chi connectivity index (χ3v) is 3.19. The van der Waals surface area contributed by atoms with Gasteiger partial charge in [0.2, 0.25) is 0 Å². The maximum atomic E-state index is 11.7. The number of hydrogen-bond acceptors (Lipinski definition) is 2. The van der Waals surface area contributed by atoms with Gasteiger partial charge in [0, 0.05) is 6.42 Å². The van der Waals surface area contributed by atoms with Gasteiger partial charge < -0.3 is 5.11 Å². The van der Waals surface area contributed by atoms with Crippen LogP contribution in [0.5, 0.6) is 0 Å². The van der Waals surface area contributed by atoms with Crippen LogP contribution in [0.1, 0.15) is 24.0 Å². The van der Waals surface area contributed by atoms with E-state index in [4.69, 9.17) is 5.26 Å². The highest BCUT2D eigenvalue weighted by atomic mass is 16.4. The summed E-state index contributed by atoms with van der Waals surface area (Å²) in [5.41, 5.74) is 2.45. The van der Waals surface area contributed by atoms with E-state index in [9.17, 15) is 9.90 Å². The van der Waals surface area contributed by atoms with E-state index in [-0.39, 0.29) is 12.0 Å². The number of allylic oxidation sites excluding steroid dienone is 1. The van der Waals surface area contributed by atoms with Gasteiger partial charge in [-0.1, -0.05) is 60.7 Å². The number of benzene rings is 2. The van der Waals surface area contributed by atoms with E-state index in [0.717, 1.165) is 5.56 Å². The second-order valence-electron chi connectivity index (χ2n) is 4.55. The molecule has 0 atom stereocenters. The molecule has 0 aliphatic rings. The molecule has 2 aromatic carbocycles. The van der Waals surface area contributed by atoms with Crippen molar-refractivity contribution in [1.29, 1.82) is 5.26 Å². The zero-order valence-electron chi connectivity index (χ0n) is 11.5. The van der Waals surface area contributed by atoms with E-state index in [1.807, 2.05) is 48.5 Å². The van der Waals surface area contributed by atoms with E-state index in [1.54, 1.807) is 12.1 Å². The number of aliphatic carboxylic acids is 1. The molecule has 0 aliphatic carbocycles. The Kier molecular flexibility index (Phi) is 4.89. The highest BCUT2D eigenvalue weighted by Crippen LogP contribution is 2.30. The Morgan fingerprint density at radius 1 is 0.952 bits per heavy atom. The molecule has 3 heteroatoms. The summed E-state index contributed by atoms with van der Waals surface area (Å²) in [6.45, 7) is 0. The van der Waals surface area contributed by atoms with E-state index < -0.39 is 5.97 Å². The van der Waals surface area contributed by atoms with Crippen LogP contribution in [-0.2, 0) is 4.79 Å². The molecule has 0 saturated carbocycles. The zero-order chi connectivity index (χ0) is 15.1. The van der Waals surface area contributed by atoms with Crippen LogP contribution in [0.3, 0.4) is 0 Å². The van der Waals surface area contributed by atoms with Crippen molar-refractivity contribution in [3.8, 4) is 6.07 Å². The van der Waals surface area contributed by atoms with Gasteiger partial charge in [0.05, 0.1) is 11.6 Å². The molecule has 0 spiro atoms. The minimum absolute atomic E-state index is 0.261. The minimum atomic E-state index is -0.974. The normalized spacial score (nSPS) is 11.4. The van der Waals surface area contributed by atoms with Crippen molar-refractivity contribution in [3.05, 3.63) is 71.8 Å². The molecule has 0 aromatic heterocycles. The van der Waals surface area contributed by atoms with Gasteiger partial charge in [-0.05, 0) is 23.1 Å². The predicted molar refractivity (Wildman–Crippen MR) is 82.2 cm³/mol. The molecule has 2 aromatic rings. The van der Waals surface area contributed by atoms with Crippen LogP contribution in [0.4, 0.5) is 0 Å². The van der Waals surface area contributed by atoms with Gasteiger partial charge in [0.25, 0.3) is 0 Å². The molecule has 21 heavy (non-hydrogen) atoms. The van der Waals surface area contributed by atoms with E-state index in [1.165, 1.54) is 0 Å². The van der Waals surface area contributed by atoms with Gasteiger partial charge in [-0.25, -0.2) is 4.79 Å². The Morgan fingerprint density at radius 2 is 1.48 bits per heavy atom. The van der Waals surface area contributed by atoms with E-state index in [0.29, 0.717) is 17.6 Å². The summed E-state index contributed by atoms with van der Waals surface area (Å²) in [4.78, 5) is 11.7. The predicted octanol–water partition coefficient (Wildman–Crippen LogP) is 3.99. The summed E-state index contributed by atoms with van der Waals surface area (Å²) in [7, 11) is 0. The van der Waals surface area contributed by atoms with Crippen LogP contribution in [0.2, 0.25) is 0 Å². The molecule has 2 rings (SSSR count). The summed E-state index contributed by atoms with van der Waals surface area (Å²) < 4.78 is 0. The molecule has 1 N–H and O–H groups in total.